The van der Waals surface area contributed by atoms with Crippen LogP contribution < -0.4 is 5.56 Å². The average Bonchev–Trinajstić information content (AvgIpc) is 2.98. The van der Waals surface area contributed by atoms with E-state index in [2.05, 4.69) is 15.3 Å². The molecule has 0 aliphatic heterocycles. The summed E-state index contributed by atoms with van der Waals surface area (Å²) in [6.07, 6.45) is 2.20. The Morgan fingerprint density at radius 3 is 2.65 bits per heavy atom. The summed E-state index contributed by atoms with van der Waals surface area (Å²) in [4.78, 5) is 12.6. The Balaban J connectivity index is 1.94. The summed E-state index contributed by atoms with van der Waals surface area (Å²) < 4.78 is 3.18. The maximum absolute atomic E-state index is 12.6. The summed E-state index contributed by atoms with van der Waals surface area (Å²) in [7, 11) is 0. The summed E-state index contributed by atoms with van der Waals surface area (Å²) in [6, 6.07) is 9.24. The highest BCUT2D eigenvalue weighted by Crippen LogP contribution is 2.28. The summed E-state index contributed by atoms with van der Waals surface area (Å²) in [6.45, 7) is 2.35. The van der Waals surface area contributed by atoms with Gasteiger partial charge in [0, 0.05) is 24.4 Å². The molecule has 0 bridgehead atoms. The van der Waals surface area contributed by atoms with Crippen LogP contribution in [-0.4, -0.2) is 36.1 Å². The zero-order chi connectivity index (χ0) is 18.3. The minimum Gasteiger partial charge on any atom is -0.396 e. The first-order valence-corrected chi connectivity index (χ1v) is 8.60. The van der Waals surface area contributed by atoms with Gasteiger partial charge in [0.2, 0.25) is 0 Å². The molecule has 1 aromatic carbocycles. The number of aryl methyl sites for hydroxylation is 2. The maximum Gasteiger partial charge on any atom is 0.280 e. The van der Waals surface area contributed by atoms with Crippen LogP contribution >= 0.6 is 11.6 Å². The van der Waals surface area contributed by atoms with Crippen molar-refractivity contribution in [3.05, 3.63) is 57.6 Å². The van der Waals surface area contributed by atoms with Crippen molar-refractivity contribution >= 4 is 28.3 Å². The van der Waals surface area contributed by atoms with Crippen LogP contribution in [0.3, 0.4) is 0 Å². The lowest BCUT2D eigenvalue weighted by molar-refractivity contribution is 0.279. The maximum atomic E-state index is 12.6. The van der Waals surface area contributed by atoms with Crippen LogP contribution in [0.25, 0.3) is 27.8 Å². The van der Waals surface area contributed by atoms with Gasteiger partial charge in [0.1, 0.15) is 5.52 Å². The molecule has 8 heteroatoms. The van der Waals surface area contributed by atoms with Gasteiger partial charge >= 0.3 is 0 Å². The van der Waals surface area contributed by atoms with Gasteiger partial charge in [-0.15, -0.1) is 10.2 Å². The molecular weight excluding hydrogens is 354 g/mol. The molecule has 0 atom stereocenters. The van der Waals surface area contributed by atoms with E-state index in [1.807, 2.05) is 31.2 Å². The molecular formula is C18H16ClN5O2. The molecule has 0 radical (unpaired) electrons. The van der Waals surface area contributed by atoms with Crippen LogP contribution in [0.4, 0.5) is 0 Å². The molecule has 0 aliphatic rings. The van der Waals surface area contributed by atoms with Crippen molar-refractivity contribution in [1.29, 1.82) is 0 Å². The number of fused-ring (bicyclic) bond motifs is 3. The van der Waals surface area contributed by atoms with Crippen molar-refractivity contribution in [2.24, 2.45) is 0 Å². The van der Waals surface area contributed by atoms with E-state index in [1.54, 1.807) is 16.8 Å². The van der Waals surface area contributed by atoms with E-state index in [9.17, 15) is 4.79 Å². The normalized spacial score (nSPS) is 11.5. The number of hydrogen-bond donors (Lipinski definition) is 1. The number of rotatable bonds is 4. The van der Waals surface area contributed by atoms with Crippen molar-refractivity contribution in [1.82, 2.24) is 24.4 Å². The Labute approximate surface area is 153 Å². The van der Waals surface area contributed by atoms with Crippen LogP contribution in [0.1, 0.15) is 12.1 Å². The second-order valence-electron chi connectivity index (χ2n) is 6.03. The molecule has 132 valence electrons. The highest BCUT2D eigenvalue weighted by Gasteiger charge is 2.17. The minimum absolute atomic E-state index is 0.0258. The quantitative estimate of drug-likeness (QED) is 0.597. The summed E-state index contributed by atoms with van der Waals surface area (Å²) in [5.41, 5.74) is 3.79. The second-order valence-corrected chi connectivity index (χ2v) is 6.46. The molecule has 7 nitrogen and oxygen atoms in total. The van der Waals surface area contributed by atoms with E-state index in [-0.39, 0.29) is 17.7 Å². The van der Waals surface area contributed by atoms with Crippen molar-refractivity contribution in [3.8, 4) is 11.1 Å². The third kappa shape index (κ3) is 2.65. The summed E-state index contributed by atoms with van der Waals surface area (Å²) in [5, 5.41) is 22.6. The van der Waals surface area contributed by atoms with Crippen LogP contribution in [0.15, 0.2) is 41.3 Å². The van der Waals surface area contributed by atoms with Gasteiger partial charge in [-0.1, -0.05) is 23.7 Å². The van der Waals surface area contributed by atoms with Crippen molar-refractivity contribution in [2.75, 3.05) is 6.61 Å². The fourth-order valence-corrected chi connectivity index (χ4v) is 3.19. The molecule has 0 unspecified atom stereocenters. The van der Waals surface area contributed by atoms with Crippen LogP contribution in [0, 0.1) is 6.92 Å². The van der Waals surface area contributed by atoms with Crippen molar-refractivity contribution in [3.63, 3.8) is 0 Å². The lowest BCUT2D eigenvalue weighted by Crippen LogP contribution is -2.22. The van der Waals surface area contributed by atoms with E-state index in [0.29, 0.717) is 29.2 Å². The molecule has 0 fully saturated rings. The van der Waals surface area contributed by atoms with E-state index < -0.39 is 0 Å². The van der Waals surface area contributed by atoms with Gasteiger partial charge < -0.3 is 9.67 Å². The van der Waals surface area contributed by atoms with Gasteiger partial charge in [-0.3, -0.25) is 4.79 Å². The Bertz CT molecular complexity index is 1160. The number of hydrogen-bond acceptors (Lipinski definition) is 5. The van der Waals surface area contributed by atoms with Gasteiger partial charge in [0.05, 0.1) is 11.3 Å². The first-order valence-electron chi connectivity index (χ1n) is 8.22. The number of aliphatic hydroxyl groups is 1. The second kappa shape index (κ2) is 6.51. The van der Waals surface area contributed by atoms with E-state index >= 15 is 0 Å². The lowest BCUT2D eigenvalue weighted by Gasteiger charge is -2.06. The number of halogens is 1. The Morgan fingerprint density at radius 1 is 1.15 bits per heavy atom. The third-order valence-corrected chi connectivity index (χ3v) is 4.57. The molecule has 1 N–H and O–H groups in total. The van der Waals surface area contributed by atoms with Gasteiger partial charge in [-0.2, -0.15) is 5.10 Å². The SMILES string of the molecule is Cc1nn2c(nnc3c(=O)n(CCCO)ccc32)c1-c1ccc(Cl)cc1. The largest absolute Gasteiger partial charge is 0.396 e. The molecule has 0 saturated heterocycles. The topological polar surface area (TPSA) is 85.3 Å². The van der Waals surface area contributed by atoms with Crippen molar-refractivity contribution in [2.45, 2.75) is 19.9 Å². The molecule has 4 aromatic rings. The molecule has 0 amide bonds. The fraction of sp³-hybridized carbons (Fsp3) is 0.222. The number of pyridine rings is 1. The Morgan fingerprint density at radius 2 is 1.92 bits per heavy atom. The van der Waals surface area contributed by atoms with Crippen LogP contribution in [-0.2, 0) is 6.54 Å². The molecule has 0 aliphatic carbocycles. The first kappa shape index (κ1) is 16.7. The molecule has 26 heavy (non-hydrogen) atoms. The lowest BCUT2D eigenvalue weighted by atomic mass is 10.1. The fourth-order valence-electron chi connectivity index (χ4n) is 3.06. The van der Waals surface area contributed by atoms with Crippen LogP contribution in [0.5, 0.6) is 0 Å². The number of aromatic nitrogens is 5. The monoisotopic (exact) mass is 369 g/mol. The van der Waals surface area contributed by atoms with E-state index in [1.165, 1.54) is 4.57 Å². The Kier molecular flexibility index (Phi) is 4.18. The molecule has 4 rings (SSSR count). The number of benzene rings is 1. The average molecular weight is 370 g/mol. The van der Waals surface area contributed by atoms with Gasteiger partial charge in [0.15, 0.2) is 11.2 Å². The molecule has 3 heterocycles. The van der Waals surface area contributed by atoms with Gasteiger partial charge in [-0.05, 0) is 37.1 Å². The third-order valence-electron chi connectivity index (χ3n) is 4.32. The molecule has 0 saturated carbocycles. The Hall–Kier alpha value is -2.77. The van der Waals surface area contributed by atoms with Gasteiger partial charge in [0.25, 0.3) is 5.56 Å². The zero-order valence-electron chi connectivity index (χ0n) is 14.1. The van der Waals surface area contributed by atoms with E-state index in [4.69, 9.17) is 16.7 Å². The predicted octanol–water partition coefficient (Wildman–Crippen LogP) is 2.45. The zero-order valence-corrected chi connectivity index (χ0v) is 14.8. The molecule has 0 spiro atoms. The highest BCUT2D eigenvalue weighted by atomic mass is 35.5. The molecule has 3 aromatic heterocycles. The number of aliphatic hydroxyl groups excluding tert-OH is 1. The highest BCUT2D eigenvalue weighted by molar-refractivity contribution is 6.30. The smallest absolute Gasteiger partial charge is 0.280 e. The first-order chi connectivity index (χ1) is 12.6. The standard InChI is InChI=1S/C18H16ClN5O2/c1-11-15(12-3-5-13(19)6-4-12)17-21-20-16-14(24(17)22-11)7-9-23(18(16)26)8-2-10-25/h3-7,9,25H,2,8,10H2,1H3. The number of nitrogens with zero attached hydrogens (tertiary/aromatic N) is 5. The van der Waals surface area contributed by atoms with E-state index in [0.717, 1.165) is 16.8 Å². The van der Waals surface area contributed by atoms with Gasteiger partial charge in [-0.25, -0.2) is 4.52 Å². The van der Waals surface area contributed by atoms with Crippen LogP contribution in [0.2, 0.25) is 5.02 Å². The predicted molar refractivity (Wildman–Crippen MR) is 99.4 cm³/mol. The summed E-state index contributed by atoms with van der Waals surface area (Å²) in [5.74, 6) is 0. The minimum atomic E-state index is -0.244. The summed E-state index contributed by atoms with van der Waals surface area (Å²) >= 11 is 5.98. The van der Waals surface area contributed by atoms with Crippen molar-refractivity contribution < 1.29 is 5.11 Å².